The lowest BCUT2D eigenvalue weighted by molar-refractivity contribution is -0.139. The summed E-state index contributed by atoms with van der Waals surface area (Å²) in [5, 5.41) is 26.4. The van der Waals surface area contributed by atoms with Crippen LogP contribution in [-0.2, 0) is 9.59 Å². The molecule has 0 aliphatic rings. The molecule has 2 aromatic carbocycles. The number of aliphatic carboxylic acids is 2. The van der Waals surface area contributed by atoms with Crippen LogP contribution < -0.4 is 11.5 Å². The number of carboxylic acids is 2. The van der Waals surface area contributed by atoms with Crippen molar-refractivity contribution in [1.82, 2.24) is 0 Å². The van der Waals surface area contributed by atoms with E-state index in [9.17, 15) is 14.7 Å². The van der Waals surface area contributed by atoms with Crippen LogP contribution in [-0.4, -0.2) is 33.3 Å². The molecule has 0 saturated carbocycles. The molecule has 0 fully saturated rings. The van der Waals surface area contributed by atoms with E-state index in [2.05, 4.69) is 0 Å². The van der Waals surface area contributed by atoms with Gasteiger partial charge in [0, 0.05) is 6.42 Å². The van der Waals surface area contributed by atoms with E-state index < -0.39 is 24.1 Å². The van der Waals surface area contributed by atoms with Crippen LogP contribution in [0.15, 0.2) is 60.7 Å². The Labute approximate surface area is 151 Å². The normalized spacial score (nSPS) is 13.7. The minimum Gasteiger partial charge on any atom is -0.481 e. The van der Waals surface area contributed by atoms with Gasteiger partial charge in [0.2, 0.25) is 0 Å². The Morgan fingerprint density at radius 1 is 0.846 bits per heavy atom. The molecule has 0 saturated heterocycles. The van der Waals surface area contributed by atoms with E-state index in [4.69, 9.17) is 21.7 Å². The summed E-state index contributed by atoms with van der Waals surface area (Å²) >= 11 is 0. The second kappa shape index (κ2) is 11.0. The minimum absolute atomic E-state index is 0.0231. The fourth-order valence-corrected chi connectivity index (χ4v) is 2.12. The smallest absolute Gasteiger partial charge is 0.320 e. The van der Waals surface area contributed by atoms with E-state index in [0.29, 0.717) is 0 Å². The number of benzene rings is 2. The van der Waals surface area contributed by atoms with Gasteiger partial charge >= 0.3 is 11.9 Å². The zero-order valence-electron chi connectivity index (χ0n) is 14.2. The quantitative estimate of drug-likeness (QED) is 0.504. The molecule has 2 aromatic rings. The van der Waals surface area contributed by atoms with Crippen molar-refractivity contribution < 1.29 is 24.9 Å². The summed E-state index contributed by atoms with van der Waals surface area (Å²) < 4.78 is 0. The molecule has 0 spiro atoms. The fraction of sp³-hybridized carbons (Fsp3) is 0.263. The van der Waals surface area contributed by atoms with Gasteiger partial charge in [0.15, 0.2) is 0 Å². The first-order valence-electron chi connectivity index (χ1n) is 8.06. The molecule has 0 radical (unpaired) electrons. The highest BCUT2D eigenvalue weighted by Gasteiger charge is 2.17. The molecule has 0 aliphatic carbocycles. The monoisotopic (exact) mass is 360 g/mol. The number of aliphatic hydroxyl groups excluding tert-OH is 1. The van der Waals surface area contributed by atoms with E-state index in [1.54, 1.807) is 0 Å². The molecule has 7 heteroatoms. The lowest BCUT2D eigenvalue weighted by atomic mass is 9.97. The predicted octanol–water partition coefficient (Wildman–Crippen LogP) is 1.68. The summed E-state index contributed by atoms with van der Waals surface area (Å²) in [7, 11) is 0. The van der Waals surface area contributed by atoms with E-state index in [0.717, 1.165) is 11.1 Å². The van der Waals surface area contributed by atoms with Crippen molar-refractivity contribution in [3.05, 3.63) is 71.8 Å². The van der Waals surface area contributed by atoms with Gasteiger partial charge in [-0.05, 0) is 17.5 Å². The molecule has 2 rings (SSSR count). The van der Waals surface area contributed by atoms with Crippen LogP contribution in [0.1, 0.15) is 36.1 Å². The van der Waals surface area contributed by atoms with Crippen LogP contribution in [0.25, 0.3) is 0 Å². The average Bonchev–Trinajstić information content (AvgIpc) is 2.66. The molecule has 0 amide bonds. The molecule has 26 heavy (non-hydrogen) atoms. The van der Waals surface area contributed by atoms with Gasteiger partial charge in [-0.25, -0.2) is 0 Å². The molecule has 0 aliphatic heterocycles. The third-order valence-corrected chi connectivity index (χ3v) is 3.65. The summed E-state index contributed by atoms with van der Waals surface area (Å²) in [5.41, 5.74) is 12.8. The highest BCUT2D eigenvalue weighted by molar-refractivity contribution is 5.74. The van der Waals surface area contributed by atoms with Crippen molar-refractivity contribution >= 4 is 11.9 Å². The number of carboxylic acid groups (broad SMARTS) is 2. The van der Waals surface area contributed by atoms with Gasteiger partial charge in [-0.15, -0.1) is 0 Å². The SMILES string of the molecule is NC(c1ccccc1)C(O)c1ccccc1.N[C@@H](CCC(=O)O)C(=O)O. The summed E-state index contributed by atoms with van der Waals surface area (Å²) in [4.78, 5) is 19.9. The predicted molar refractivity (Wildman–Crippen MR) is 97.3 cm³/mol. The van der Waals surface area contributed by atoms with Gasteiger partial charge in [0.25, 0.3) is 0 Å². The highest BCUT2D eigenvalue weighted by Crippen LogP contribution is 2.25. The van der Waals surface area contributed by atoms with Gasteiger partial charge in [0.1, 0.15) is 6.04 Å². The zero-order valence-corrected chi connectivity index (χ0v) is 14.2. The Balaban J connectivity index is 0.000000294. The maximum Gasteiger partial charge on any atom is 0.320 e. The van der Waals surface area contributed by atoms with E-state index in [1.165, 1.54) is 0 Å². The largest absolute Gasteiger partial charge is 0.481 e. The lowest BCUT2D eigenvalue weighted by Gasteiger charge is -2.19. The van der Waals surface area contributed by atoms with Crippen LogP contribution in [0.5, 0.6) is 0 Å². The van der Waals surface area contributed by atoms with E-state index in [1.807, 2.05) is 60.7 Å². The summed E-state index contributed by atoms with van der Waals surface area (Å²) in [6.45, 7) is 0. The van der Waals surface area contributed by atoms with Gasteiger partial charge in [-0.2, -0.15) is 0 Å². The van der Waals surface area contributed by atoms with Crippen molar-refractivity contribution in [3.8, 4) is 0 Å². The molecule has 0 aromatic heterocycles. The summed E-state index contributed by atoms with van der Waals surface area (Å²) in [5.74, 6) is -2.20. The van der Waals surface area contributed by atoms with Gasteiger partial charge in [-0.3, -0.25) is 9.59 Å². The summed E-state index contributed by atoms with van der Waals surface area (Å²) in [6.07, 6.45) is -0.887. The standard InChI is InChI=1S/C14H15NO.C5H9NO4/c15-13(11-7-3-1-4-8-11)14(16)12-9-5-2-6-10-12;6-3(5(9)10)1-2-4(7)8/h1-10,13-14,16H,15H2;3H,1-2,6H2,(H,7,8)(H,9,10)/t;3-/m.0/s1. The number of rotatable bonds is 7. The van der Waals surface area contributed by atoms with Crippen LogP contribution in [0.3, 0.4) is 0 Å². The van der Waals surface area contributed by atoms with Crippen LogP contribution in [0.2, 0.25) is 0 Å². The van der Waals surface area contributed by atoms with Crippen molar-refractivity contribution in [3.63, 3.8) is 0 Å². The maximum atomic E-state index is 10.1. The number of hydrogen-bond acceptors (Lipinski definition) is 5. The van der Waals surface area contributed by atoms with Crippen molar-refractivity contribution in [2.75, 3.05) is 0 Å². The van der Waals surface area contributed by atoms with Crippen LogP contribution in [0, 0.1) is 0 Å². The lowest BCUT2D eigenvalue weighted by Crippen LogP contribution is -2.30. The molecule has 7 N–H and O–H groups in total. The van der Waals surface area contributed by atoms with Crippen molar-refractivity contribution in [1.29, 1.82) is 0 Å². The molecule has 0 bridgehead atoms. The topological polar surface area (TPSA) is 147 Å². The number of nitrogens with two attached hydrogens (primary N) is 2. The van der Waals surface area contributed by atoms with Crippen molar-refractivity contribution in [2.24, 2.45) is 11.5 Å². The molecule has 2 unspecified atom stereocenters. The fourth-order valence-electron chi connectivity index (χ4n) is 2.12. The van der Waals surface area contributed by atoms with Crippen LogP contribution >= 0.6 is 0 Å². The maximum absolute atomic E-state index is 10.1. The van der Waals surface area contributed by atoms with Crippen molar-refractivity contribution in [2.45, 2.75) is 31.0 Å². The number of aliphatic hydroxyl groups is 1. The molecule has 3 atom stereocenters. The molecular formula is C19H24N2O5. The van der Waals surface area contributed by atoms with Gasteiger partial charge in [-0.1, -0.05) is 60.7 Å². The third-order valence-electron chi connectivity index (χ3n) is 3.65. The first kappa shape index (κ1) is 21.3. The van der Waals surface area contributed by atoms with Crippen LogP contribution in [0.4, 0.5) is 0 Å². The molecule has 7 nitrogen and oxygen atoms in total. The first-order chi connectivity index (χ1) is 12.3. The van der Waals surface area contributed by atoms with E-state index in [-0.39, 0.29) is 18.9 Å². The second-order valence-corrected chi connectivity index (χ2v) is 5.67. The molecular weight excluding hydrogens is 336 g/mol. The first-order valence-corrected chi connectivity index (χ1v) is 8.06. The zero-order chi connectivity index (χ0) is 19.5. The Morgan fingerprint density at radius 2 is 1.31 bits per heavy atom. The van der Waals surface area contributed by atoms with E-state index >= 15 is 0 Å². The average molecular weight is 360 g/mol. The minimum atomic E-state index is -1.17. The van der Waals surface area contributed by atoms with Gasteiger partial charge in [0.05, 0.1) is 12.1 Å². The Hall–Kier alpha value is -2.74. The Bertz CT molecular complexity index is 635. The third kappa shape index (κ3) is 7.43. The second-order valence-electron chi connectivity index (χ2n) is 5.67. The Kier molecular flexibility index (Phi) is 9.00. The van der Waals surface area contributed by atoms with Gasteiger partial charge < -0.3 is 26.8 Å². The highest BCUT2D eigenvalue weighted by atomic mass is 16.4. The number of carbonyl (C=O) groups is 2. The number of hydrogen-bond donors (Lipinski definition) is 5. The summed E-state index contributed by atoms with van der Waals surface area (Å²) in [6, 6.07) is 17.7. The molecule has 0 heterocycles. The molecule has 140 valence electrons. The Morgan fingerprint density at radius 3 is 1.73 bits per heavy atom.